The van der Waals surface area contributed by atoms with E-state index in [0.29, 0.717) is 0 Å². The molecule has 0 nitrogen and oxygen atoms in total. The Bertz CT molecular complexity index is 1180. The maximum Gasteiger partial charge on any atom is -0.172 e. The van der Waals surface area contributed by atoms with Crippen LogP contribution < -0.4 is 0 Å². The molecule has 35 heavy (non-hydrogen) atoms. The van der Waals surface area contributed by atoms with E-state index in [0.717, 1.165) is 6.42 Å². The summed E-state index contributed by atoms with van der Waals surface area (Å²) in [5, 5.41) is 0. The molecule has 1 aliphatic rings. The molecule has 180 valence electrons. The summed E-state index contributed by atoms with van der Waals surface area (Å²) in [6.07, 6.45) is 1.03. The third kappa shape index (κ3) is 7.61. The summed E-state index contributed by atoms with van der Waals surface area (Å²) in [7, 11) is 0. The van der Waals surface area contributed by atoms with Crippen molar-refractivity contribution in [3.05, 3.63) is 111 Å². The molecule has 0 amide bonds. The van der Waals surface area contributed by atoms with Gasteiger partial charge in [0.1, 0.15) is 0 Å². The SMILES string of the molecule is CC(C)(C)c1[c-]c2c(cc1)-c1ccc(C(C)(C)C)cc1C2.C[C](=[Hf+2])c1ccc(C)s1.c1cc[cH-]c1. The fraction of sp³-hybridized carbons (Fsp3) is 0.333. The molecule has 0 atom stereocenters. The first-order valence-electron chi connectivity index (χ1n) is 12.3. The van der Waals surface area contributed by atoms with Gasteiger partial charge in [-0.1, -0.05) is 65.3 Å². The van der Waals surface area contributed by atoms with E-state index in [1.807, 2.05) is 41.7 Å². The fourth-order valence-electron chi connectivity index (χ4n) is 3.98. The van der Waals surface area contributed by atoms with Gasteiger partial charge in [-0.3, -0.25) is 0 Å². The Labute approximate surface area is 231 Å². The molecule has 1 aliphatic carbocycles. The molecule has 4 aromatic rings. The first-order chi connectivity index (χ1) is 16.4. The first kappa shape index (κ1) is 27.8. The molecule has 1 heterocycles. The Morgan fingerprint density at radius 2 is 1.54 bits per heavy atom. The van der Waals surface area contributed by atoms with Crippen molar-refractivity contribution in [2.24, 2.45) is 0 Å². The standard InChI is InChI=1S/C21H25.C7H8S.C5H5.Hf/c1-20(2,3)16-7-9-18-14(12-16)11-15-13-17(21(4,5)6)8-10-19(15)18;1-3-7-5-4-6(2)8-7;1-2-4-5-3-1;/h7-10,12H,11H2,1-6H3;4-5H,1-2H3;1-5H;/q-1;;-1;+2. The van der Waals surface area contributed by atoms with Crippen LogP contribution in [-0.4, -0.2) is 3.26 Å². The molecule has 0 saturated heterocycles. The van der Waals surface area contributed by atoms with Gasteiger partial charge in [0.25, 0.3) is 0 Å². The average Bonchev–Trinajstić information content (AvgIpc) is 3.53. The summed E-state index contributed by atoms with van der Waals surface area (Å²) in [4.78, 5) is 2.89. The Morgan fingerprint density at radius 1 is 0.886 bits per heavy atom. The summed E-state index contributed by atoms with van der Waals surface area (Å²) in [6, 6.07) is 29.6. The number of hydrogen-bond donors (Lipinski definition) is 0. The van der Waals surface area contributed by atoms with Crippen molar-refractivity contribution in [2.45, 2.75) is 72.6 Å². The predicted octanol–water partition coefficient (Wildman–Crippen LogP) is 9.20. The van der Waals surface area contributed by atoms with Crippen LogP contribution in [0, 0.1) is 13.0 Å². The number of fused-ring (bicyclic) bond motifs is 3. The second-order valence-electron chi connectivity index (χ2n) is 11.3. The molecule has 0 fully saturated rings. The van der Waals surface area contributed by atoms with Crippen LogP contribution in [0.2, 0.25) is 0 Å². The molecule has 0 saturated carbocycles. The van der Waals surface area contributed by atoms with E-state index in [1.165, 1.54) is 67.0 Å². The number of benzene rings is 2. The first-order valence-corrected chi connectivity index (χ1v) is 15.0. The van der Waals surface area contributed by atoms with Gasteiger partial charge in [-0.05, 0) is 28.4 Å². The summed E-state index contributed by atoms with van der Waals surface area (Å²) in [5.41, 5.74) is 8.70. The van der Waals surface area contributed by atoms with E-state index in [2.05, 4.69) is 104 Å². The Hall–Kier alpha value is -1.77. The van der Waals surface area contributed by atoms with Crippen LogP contribution >= 0.6 is 11.3 Å². The monoisotopic (exact) mass is 646 g/mol. The van der Waals surface area contributed by atoms with Crippen molar-refractivity contribution in [3.8, 4) is 11.1 Å². The molecule has 5 rings (SSSR count). The molecule has 0 bridgehead atoms. The third-order valence-electron chi connectivity index (χ3n) is 6.13. The van der Waals surface area contributed by atoms with Gasteiger partial charge in [0.05, 0.1) is 0 Å². The predicted molar refractivity (Wildman–Crippen MR) is 152 cm³/mol. The molecule has 0 spiro atoms. The summed E-state index contributed by atoms with van der Waals surface area (Å²) in [6.45, 7) is 18.0. The van der Waals surface area contributed by atoms with Crippen molar-refractivity contribution in [1.82, 2.24) is 0 Å². The molecule has 2 heteroatoms. The number of aryl methyl sites for hydroxylation is 1. The molecule has 0 N–H and O–H groups in total. The minimum Gasteiger partial charge on any atom is -0.214 e. The zero-order chi connectivity index (χ0) is 25.8. The number of rotatable bonds is 1. The van der Waals surface area contributed by atoms with Gasteiger partial charge < -0.3 is 0 Å². The molecule has 0 unspecified atom stereocenters. The number of thiophene rings is 1. The quantitative estimate of drug-likeness (QED) is 0.126. The van der Waals surface area contributed by atoms with Gasteiger partial charge >= 0.3 is 74.2 Å². The molecular weight excluding hydrogens is 607 g/mol. The normalized spacial score (nSPS) is 12.1. The van der Waals surface area contributed by atoms with Crippen LogP contribution in [-0.2, 0) is 41.1 Å². The topological polar surface area (TPSA) is 0 Å². The maximum absolute atomic E-state index is 3.67. The van der Waals surface area contributed by atoms with E-state index < -0.39 is 0 Å². The van der Waals surface area contributed by atoms with Gasteiger partial charge in [0.2, 0.25) is 0 Å². The second-order valence-corrected chi connectivity index (χ2v) is 15.3. The second kappa shape index (κ2) is 11.5. The summed E-state index contributed by atoms with van der Waals surface area (Å²) >= 11 is 3.09. The molecule has 0 aliphatic heterocycles. The molecule has 0 radical (unpaired) electrons. The van der Waals surface area contributed by atoms with Gasteiger partial charge in [-0.25, -0.2) is 12.1 Å². The van der Waals surface area contributed by atoms with Crippen LogP contribution in [0.15, 0.2) is 72.8 Å². The third-order valence-corrected chi connectivity index (χ3v) is 8.87. The van der Waals surface area contributed by atoms with Crippen molar-refractivity contribution < 1.29 is 23.9 Å². The van der Waals surface area contributed by atoms with E-state index >= 15 is 0 Å². The zero-order valence-electron chi connectivity index (χ0n) is 22.5. The van der Waals surface area contributed by atoms with Crippen molar-refractivity contribution in [3.63, 3.8) is 0 Å². The fourth-order valence-corrected chi connectivity index (χ4v) is 5.61. The summed E-state index contributed by atoms with van der Waals surface area (Å²) < 4.78 is 1.55. The van der Waals surface area contributed by atoms with E-state index in [1.54, 1.807) is 3.26 Å². The van der Waals surface area contributed by atoms with Crippen LogP contribution in [0.3, 0.4) is 0 Å². The largest absolute Gasteiger partial charge is 0.214 e. The minimum atomic E-state index is 0.167. The van der Waals surface area contributed by atoms with E-state index in [-0.39, 0.29) is 10.8 Å². The molecule has 1 aromatic heterocycles. The Morgan fingerprint density at radius 3 is 2.00 bits per heavy atom. The molecular formula is C33H38HfS. The average molecular weight is 645 g/mol. The summed E-state index contributed by atoms with van der Waals surface area (Å²) in [5.74, 6) is 0. The van der Waals surface area contributed by atoms with Crippen molar-refractivity contribution >= 4 is 14.6 Å². The minimum absolute atomic E-state index is 0.167. The molecule has 3 aromatic carbocycles. The maximum atomic E-state index is 3.67. The number of hydrogen-bond acceptors (Lipinski definition) is 1. The van der Waals surface area contributed by atoms with Crippen LogP contribution in [0.5, 0.6) is 0 Å². The van der Waals surface area contributed by atoms with Crippen LogP contribution in [0.1, 0.15) is 80.5 Å². The van der Waals surface area contributed by atoms with Crippen LogP contribution in [0.4, 0.5) is 0 Å². The van der Waals surface area contributed by atoms with Gasteiger partial charge in [-0.15, -0.1) is 11.1 Å². The van der Waals surface area contributed by atoms with E-state index in [9.17, 15) is 0 Å². The van der Waals surface area contributed by atoms with Gasteiger partial charge in [0, 0.05) is 0 Å². The van der Waals surface area contributed by atoms with Crippen molar-refractivity contribution in [2.75, 3.05) is 0 Å². The van der Waals surface area contributed by atoms with Gasteiger partial charge in [-0.2, -0.15) is 42.0 Å². The van der Waals surface area contributed by atoms with Gasteiger partial charge in [0.15, 0.2) is 0 Å². The smallest absolute Gasteiger partial charge is 0.172 e. The Kier molecular flexibility index (Phi) is 9.16. The Balaban J connectivity index is 0.000000199. The van der Waals surface area contributed by atoms with Crippen LogP contribution in [0.25, 0.3) is 11.1 Å². The van der Waals surface area contributed by atoms with E-state index in [4.69, 9.17) is 0 Å². The zero-order valence-corrected chi connectivity index (χ0v) is 27.0. The van der Waals surface area contributed by atoms with Crippen molar-refractivity contribution in [1.29, 1.82) is 0 Å².